The van der Waals surface area contributed by atoms with Gasteiger partial charge in [0.1, 0.15) is 0 Å². The molecule has 0 bridgehead atoms. The number of pyridine rings is 1. The van der Waals surface area contributed by atoms with Crippen LogP contribution in [0.1, 0.15) is 31.9 Å². The van der Waals surface area contributed by atoms with Crippen LogP contribution in [0.3, 0.4) is 0 Å². The van der Waals surface area contributed by atoms with E-state index in [9.17, 15) is 5.11 Å². The zero-order chi connectivity index (χ0) is 11.6. The number of hydrogen-bond acceptors (Lipinski definition) is 3. The first kappa shape index (κ1) is 13.1. The summed E-state index contributed by atoms with van der Waals surface area (Å²) in [6.07, 6.45) is 4.93. The Balaban J connectivity index is 2.09. The molecule has 1 aromatic heterocycles. The van der Waals surface area contributed by atoms with Crippen LogP contribution in [0.5, 0.6) is 0 Å². The molecule has 1 N–H and O–H groups in total. The number of aliphatic hydroxyl groups is 1. The maximum absolute atomic E-state index is 9.74. The maximum Gasteiger partial charge on any atom is 0.0617 e. The Hall–Kier alpha value is -0.930. The van der Waals surface area contributed by atoms with E-state index in [0.29, 0.717) is 19.4 Å². The molecular formula is C13H21NO2. The Morgan fingerprint density at radius 3 is 2.94 bits per heavy atom. The highest BCUT2D eigenvalue weighted by Gasteiger charge is 2.05. The number of unbranched alkanes of at least 4 members (excludes halogenated alkanes) is 1. The van der Waals surface area contributed by atoms with Gasteiger partial charge in [0.15, 0.2) is 0 Å². The van der Waals surface area contributed by atoms with Gasteiger partial charge in [-0.1, -0.05) is 19.4 Å². The lowest BCUT2D eigenvalue weighted by molar-refractivity contribution is 0.0803. The molecule has 16 heavy (non-hydrogen) atoms. The van der Waals surface area contributed by atoms with Gasteiger partial charge in [-0.2, -0.15) is 0 Å². The van der Waals surface area contributed by atoms with Gasteiger partial charge in [0.25, 0.3) is 0 Å². The van der Waals surface area contributed by atoms with Crippen molar-refractivity contribution in [1.29, 1.82) is 0 Å². The molecule has 1 atom stereocenters. The third-order valence-corrected chi connectivity index (χ3v) is 2.41. The number of ether oxygens (including phenoxy) is 1. The Labute approximate surface area is 97.5 Å². The predicted octanol–water partition coefficient (Wildman–Crippen LogP) is 2.19. The fourth-order valence-corrected chi connectivity index (χ4v) is 1.43. The predicted molar refractivity (Wildman–Crippen MR) is 64.3 cm³/mol. The van der Waals surface area contributed by atoms with Crippen LogP contribution in [-0.2, 0) is 11.2 Å². The van der Waals surface area contributed by atoms with Crippen LogP contribution in [0.2, 0.25) is 0 Å². The second kappa shape index (κ2) is 8.25. The van der Waals surface area contributed by atoms with E-state index in [1.807, 2.05) is 18.2 Å². The van der Waals surface area contributed by atoms with Gasteiger partial charge in [0.2, 0.25) is 0 Å². The van der Waals surface area contributed by atoms with Gasteiger partial charge in [-0.15, -0.1) is 0 Å². The van der Waals surface area contributed by atoms with Gasteiger partial charge in [0.05, 0.1) is 6.10 Å². The molecule has 0 spiro atoms. The van der Waals surface area contributed by atoms with Crippen LogP contribution in [0.15, 0.2) is 24.4 Å². The van der Waals surface area contributed by atoms with E-state index in [1.165, 1.54) is 0 Å². The minimum atomic E-state index is -0.350. The second-order valence-electron chi connectivity index (χ2n) is 3.93. The first-order valence-corrected chi connectivity index (χ1v) is 5.98. The van der Waals surface area contributed by atoms with Crippen LogP contribution < -0.4 is 0 Å². The topological polar surface area (TPSA) is 42.4 Å². The molecule has 0 aliphatic carbocycles. The summed E-state index contributed by atoms with van der Waals surface area (Å²) in [7, 11) is 0. The van der Waals surface area contributed by atoms with Crippen molar-refractivity contribution in [3.05, 3.63) is 30.1 Å². The summed E-state index contributed by atoms with van der Waals surface area (Å²) in [5.41, 5.74) is 0.934. The smallest absolute Gasteiger partial charge is 0.0617 e. The first-order chi connectivity index (χ1) is 7.83. The molecule has 0 aromatic carbocycles. The molecule has 3 heteroatoms. The highest BCUT2D eigenvalue weighted by atomic mass is 16.5. The Bertz CT molecular complexity index is 264. The molecule has 0 aliphatic rings. The minimum Gasteiger partial charge on any atom is -0.393 e. The van der Waals surface area contributed by atoms with Crippen LogP contribution >= 0.6 is 0 Å². The van der Waals surface area contributed by atoms with Crippen molar-refractivity contribution in [3.8, 4) is 0 Å². The molecule has 1 rings (SSSR count). The number of nitrogens with zero attached hydrogens (tertiary/aromatic N) is 1. The van der Waals surface area contributed by atoms with E-state index in [-0.39, 0.29) is 6.10 Å². The third-order valence-electron chi connectivity index (χ3n) is 2.41. The van der Waals surface area contributed by atoms with Gasteiger partial charge in [0, 0.05) is 31.5 Å². The Morgan fingerprint density at radius 2 is 2.25 bits per heavy atom. The number of aliphatic hydroxyl groups excluding tert-OH is 1. The number of aromatic nitrogens is 1. The Morgan fingerprint density at radius 1 is 1.38 bits per heavy atom. The van der Waals surface area contributed by atoms with Crippen molar-refractivity contribution in [2.45, 2.75) is 38.7 Å². The number of hydrogen-bond donors (Lipinski definition) is 1. The molecule has 0 saturated carbocycles. The highest BCUT2D eigenvalue weighted by molar-refractivity contribution is 5.04. The summed E-state index contributed by atoms with van der Waals surface area (Å²) >= 11 is 0. The second-order valence-corrected chi connectivity index (χ2v) is 3.93. The largest absolute Gasteiger partial charge is 0.393 e. The zero-order valence-electron chi connectivity index (χ0n) is 9.93. The lowest BCUT2D eigenvalue weighted by atomic mass is 10.1. The van der Waals surface area contributed by atoms with Crippen molar-refractivity contribution in [2.75, 3.05) is 13.2 Å². The lowest BCUT2D eigenvalue weighted by Crippen LogP contribution is -2.14. The van der Waals surface area contributed by atoms with E-state index in [2.05, 4.69) is 11.9 Å². The molecule has 0 fully saturated rings. The SMILES string of the molecule is CCCCOCCC(O)Cc1ccccn1. The number of rotatable bonds is 8. The van der Waals surface area contributed by atoms with Crippen molar-refractivity contribution >= 4 is 0 Å². The summed E-state index contributed by atoms with van der Waals surface area (Å²) in [4.78, 5) is 4.18. The van der Waals surface area contributed by atoms with Gasteiger partial charge in [-0.05, 0) is 25.0 Å². The fraction of sp³-hybridized carbons (Fsp3) is 0.615. The van der Waals surface area contributed by atoms with E-state index < -0.39 is 0 Å². The van der Waals surface area contributed by atoms with E-state index in [1.54, 1.807) is 6.20 Å². The molecule has 0 radical (unpaired) electrons. The molecule has 0 saturated heterocycles. The molecule has 1 heterocycles. The molecule has 0 amide bonds. The van der Waals surface area contributed by atoms with Crippen molar-refractivity contribution < 1.29 is 9.84 Å². The summed E-state index contributed by atoms with van der Waals surface area (Å²) in [6, 6.07) is 5.75. The standard InChI is InChI=1S/C13H21NO2/c1-2-3-9-16-10-7-13(15)11-12-6-4-5-8-14-12/h4-6,8,13,15H,2-3,7,9-11H2,1H3. The summed E-state index contributed by atoms with van der Waals surface area (Å²) < 4.78 is 5.40. The minimum absolute atomic E-state index is 0.350. The molecule has 1 unspecified atom stereocenters. The zero-order valence-corrected chi connectivity index (χ0v) is 9.93. The maximum atomic E-state index is 9.74. The van der Waals surface area contributed by atoms with E-state index in [0.717, 1.165) is 25.1 Å². The summed E-state index contributed by atoms with van der Waals surface area (Å²) in [5.74, 6) is 0. The van der Waals surface area contributed by atoms with Gasteiger partial charge in [-0.3, -0.25) is 4.98 Å². The normalized spacial score (nSPS) is 12.6. The fourth-order valence-electron chi connectivity index (χ4n) is 1.43. The highest BCUT2D eigenvalue weighted by Crippen LogP contribution is 2.03. The lowest BCUT2D eigenvalue weighted by Gasteiger charge is -2.10. The Kier molecular flexibility index (Phi) is 6.77. The quantitative estimate of drug-likeness (QED) is 0.687. The molecule has 1 aromatic rings. The van der Waals surface area contributed by atoms with Gasteiger partial charge >= 0.3 is 0 Å². The van der Waals surface area contributed by atoms with E-state index >= 15 is 0 Å². The monoisotopic (exact) mass is 223 g/mol. The van der Waals surface area contributed by atoms with E-state index in [4.69, 9.17) is 4.74 Å². The molecule has 0 aliphatic heterocycles. The average molecular weight is 223 g/mol. The van der Waals surface area contributed by atoms with Crippen molar-refractivity contribution in [1.82, 2.24) is 4.98 Å². The van der Waals surface area contributed by atoms with Crippen LogP contribution in [-0.4, -0.2) is 29.4 Å². The molecular weight excluding hydrogens is 202 g/mol. The summed E-state index contributed by atoms with van der Waals surface area (Å²) in [5, 5.41) is 9.74. The van der Waals surface area contributed by atoms with Crippen molar-refractivity contribution in [3.63, 3.8) is 0 Å². The molecule has 90 valence electrons. The van der Waals surface area contributed by atoms with Gasteiger partial charge < -0.3 is 9.84 Å². The third kappa shape index (κ3) is 5.83. The average Bonchev–Trinajstić information content (AvgIpc) is 2.30. The van der Waals surface area contributed by atoms with Crippen LogP contribution in [0.25, 0.3) is 0 Å². The van der Waals surface area contributed by atoms with Crippen molar-refractivity contribution in [2.24, 2.45) is 0 Å². The summed E-state index contributed by atoms with van der Waals surface area (Å²) in [6.45, 7) is 3.57. The van der Waals surface area contributed by atoms with Gasteiger partial charge in [-0.25, -0.2) is 0 Å². The van der Waals surface area contributed by atoms with Crippen LogP contribution in [0.4, 0.5) is 0 Å². The first-order valence-electron chi connectivity index (χ1n) is 5.98. The van der Waals surface area contributed by atoms with Crippen LogP contribution in [0, 0.1) is 0 Å². The molecule has 3 nitrogen and oxygen atoms in total.